The topological polar surface area (TPSA) is 43.4 Å². The van der Waals surface area contributed by atoms with Crippen molar-refractivity contribution in [1.29, 1.82) is 0 Å². The quantitative estimate of drug-likeness (QED) is 0.714. The first kappa shape index (κ1) is 16.3. The van der Waals surface area contributed by atoms with Gasteiger partial charge in [0.15, 0.2) is 11.6 Å². The Labute approximate surface area is 135 Å². The van der Waals surface area contributed by atoms with Crippen molar-refractivity contribution in [3.63, 3.8) is 0 Å². The standard InChI is InChI=1S/C14H11BrClFO3S/c15-12-6-11(9-21(16,18)19)7-13(17)14(12)20-8-10-4-2-1-3-5-10/h1-7H,8-9H2. The van der Waals surface area contributed by atoms with E-state index in [1.807, 2.05) is 30.3 Å². The molecule has 0 aliphatic rings. The Morgan fingerprint density at radius 1 is 1.14 bits per heavy atom. The van der Waals surface area contributed by atoms with Crippen molar-refractivity contribution in [3.05, 3.63) is 63.9 Å². The summed E-state index contributed by atoms with van der Waals surface area (Å²) in [4.78, 5) is 0. The minimum absolute atomic E-state index is 0.0366. The van der Waals surface area contributed by atoms with Crippen LogP contribution in [0.2, 0.25) is 0 Å². The highest BCUT2D eigenvalue weighted by Crippen LogP contribution is 2.31. The Hall–Kier alpha value is -1.11. The number of ether oxygens (including phenoxy) is 1. The lowest BCUT2D eigenvalue weighted by atomic mass is 10.2. The molecule has 0 bridgehead atoms. The van der Waals surface area contributed by atoms with E-state index in [1.165, 1.54) is 6.07 Å². The molecule has 0 aliphatic carbocycles. The smallest absolute Gasteiger partial charge is 0.236 e. The molecule has 112 valence electrons. The van der Waals surface area contributed by atoms with E-state index in [1.54, 1.807) is 0 Å². The molecule has 2 aromatic rings. The molecular formula is C14H11BrClFO3S. The van der Waals surface area contributed by atoms with Crippen LogP contribution in [0.5, 0.6) is 5.75 Å². The molecule has 0 unspecified atom stereocenters. The first-order chi connectivity index (χ1) is 9.85. The maximum atomic E-state index is 14.0. The summed E-state index contributed by atoms with van der Waals surface area (Å²) in [5.74, 6) is -1.05. The van der Waals surface area contributed by atoms with Crippen molar-refractivity contribution in [1.82, 2.24) is 0 Å². The summed E-state index contributed by atoms with van der Waals surface area (Å²) in [6.07, 6.45) is 0. The van der Waals surface area contributed by atoms with Gasteiger partial charge >= 0.3 is 0 Å². The van der Waals surface area contributed by atoms with E-state index in [0.717, 1.165) is 11.6 Å². The average Bonchev–Trinajstić information content (AvgIpc) is 2.37. The van der Waals surface area contributed by atoms with Crippen LogP contribution in [0.15, 0.2) is 46.9 Å². The van der Waals surface area contributed by atoms with E-state index in [2.05, 4.69) is 15.9 Å². The molecular weight excluding hydrogens is 383 g/mol. The van der Waals surface area contributed by atoms with Crippen LogP contribution in [-0.4, -0.2) is 8.42 Å². The molecule has 0 amide bonds. The number of hydrogen-bond acceptors (Lipinski definition) is 3. The molecule has 0 aliphatic heterocycles. The van der Waals surface area contributed by atoms with E-state index in [0.29, 0.717) is 4.47 Å². The molecule has 0 heterocycles. The summed E-state index contributed by atoms with van der Waals surface area (Å²) in [6, 6.07) is 11.9. The fourth-order valence-electron chi connectivity index (χ4n) is 1.76. The molecule has 21 heavy (non-hydrogen) atoms. The van der Waals surface area contributed by atoms with Crippen molar-refractivity contribution in [3.8, 4) is 5.75 Å². The van der Waals surface area contributed by atoms with E-state index in [-0.39, 0.29) is 17.9 Å². The van der Waals surface area contributed by atoms with Gasteiger partial charge in [0.05, 0.1) is 10.2 Å². The highest BCUT2D eigenvalue weighted by molar-refractivity contribution is 9.10. The minimum Gasteiger partial charge on any atom is -0.485 e. The van der Waals surface area contributed by atoms with Crippen LogP contribution in [-0.2, 0) is 21.4 Å². The predicted molar refractivity (Wildman–Crippen MR) is 83.4 cm³/mol. The van der Waals surface area contributed by atoms with Gasteiger partial charge in [-0.05, 0) is 39.2 Å². The summed E-state index contributed by atoms with van der Waals surface area (Å²) >= 11 is 3.18. The van der Waals surface area contributed by atoms with Crippen LogP contribution in [0.25, 0.3) is 0 Å². The van der Waals surface area contributed by atoms with Gasteiger partial charge in [-0.3, -0.25) is 0 Å². The van der Waals surface area contributed by atoms with E-state index < -0.39 is 20.6 Å². The van der Waals surface area contributed by atoms with Gasteiger partial charge in [0.2, 0.25) is 9.05 Å². The average molecular weight is 394 g/mol. The minimum atomic E-state index is -3.73. The zero-order valence-electron chi connectivity index (χ0n) is 10.7. The van der Waals surface area contributed by atoms with Crippen molar-refractivity contribution in [2.45, 2.75) is 12.4 Å². The predicted octanol–water partition coefficient (Wildman–Crippen LogP) is 4.24. The molecule has 0 saturated heterocycles. The number of rotatable bonds is 5. The highest BCUT2D eigenvalue weighted by Gasteiger charge is 2.14. The Bertz CT molecular complexity index is 712. The van der Waals surface area contributed by atoms with Crippen LogP contribution in [0, 0.1) is 5.82 Å². The van der Waals surface area contributed by atoms with Gasteiger partial charge in [0.1, 0.15) is 6.61 Å². The maximum Gasteiger partial charge on any atom is 0.236 e. The number of hydrogen-bond donors (Lipinski definition) is 0. The SMILES string of the molecule is O=S(=O)(Cl)Cc1cc(F)c(OCc2ccccc2)c(Br)c1. The Morgan fingerprint density at radius 3 is 2.38 bits per heavy atom. The zero-order chi connectivity index (χ0) is 15.5. The van der Waals surface area contributed by atoms with Crippen LogP contribution in [0.3, 0.4) is 0 Å². The lowest BCUT2D eigenvalue weighted by molar-refractivity contribution is 0.288. The Morgan fingerprint density at radius 2 is 1.81 bits per heavy atom. The monoisotopic (exact) mass is 392 g/mol. The molecule has 3 nitrogen and oxygen atoms in total. The largest absolute Gasteiger partial charge is 0.485 e. The summed E-state index contributed by atoms with van der Waals surface area (Å²) in [6.45, 7) is 0.212. The van der Waals surface area contributed by atoms with E-state index in [9.17, 15) is 12.8 Å². The second kappa shape index (κ2) is 6.77. The van der Waals surface area contributed by atoms with Crippen LogP contribution >= 0.6 is 26.6 Å². The lowest BCUT2D eigenvalue weighted by Crippen LogP contribution is -2.01. The van der Waals surface area contributed by atoms with Crippen molar-refractivity contribution >= 4 is 35.7 Å². The Kier molecular flexibility index (Phi) is 5.24. The van der Waals surface area contributed by atoms with Gasteiger partial charge < -0.3 is 4.74 Å². The van der Waals surface area contributed by atoms with Crippen molar-refractivity contribution in [2.75, 3.05) is 0 Å². The van der Waals surface area contributed by atoms with Gasteiger partial charge in [-0.15, -0.1) is 0 Å². The van der Waals surface area contributed by atoms with Gasteiger partial charge in [-0.25, -0.2) is 12.8 Å². The second-order valence-corrected chi connectivity index (χ2v) is 7.98. The van der Waals surface area contributed by atoms with Crippen LogP contribution < -0.4 is 4.74 Å². The van der Waals surface area contributed by atoms with Gasteiger partial charge in [0, 0.05) is 10.7 Å². The Balaban J connectivity index is 2.17. The summed E-state index contributed by atoms with van der Waals surface area (Å²) in [5.41, 5.74) is 1.15. The van der Waals surface area contributed by atoms with Crippen molar-refractivity contribution in [2.24, 2.45) is 0 Å². The molecule has 0 spiro atoms. The van der Waals surface area contributed by atoms with Crippen molar-refractivity contribution < 1.29 is 17.5 Å². The summed E-state index contributed by atoms with van der Waals surface area (Å²) < 4.78 is 41.8. The molecule has 0 N–H and O–H groups in total. The lowest BCUT2D eigenvalue weighted by Gasteiger charge is -2.11. The number of halogens is 3. The first-order valence-corrected chi connectivity index (χ1v) is 9.19. The van der Waals surface area contributed by atoms with Crippen LogP contribution in [0.4, 0.5) is 4.39 Å². The summed E-state index contributed by atoms with van der Waals surface area (Å²) in [7, 11) is 1.42. The number of benzene rings is 2. The molecule has 0 fully saturated rings. The first-order valence-electron chi connectivity index (χ1n) is 5.92. The molecule has 2 aromatic carbocycles. The highest BCUT2D eigenvalue weighted by atomic mass is 79.9. The maximum absolute atomic E-state index is 14.0. The zero-order valence-corrected chi connectivity index (χ0v) is 13.9. The molecule has 0 aromatic heterocycles. The normalized spacial score (nSPS) is 11.4. The molecule has 0 atom stereocenters. The third-order valence-electron chi connectivity index (χ3n) is 2.62. The van der Waals surface area contributed by atoms with E-state index in [4.69, 9.17) is 15.4 Å². The fourth-order valence-corrected chi connectivity index (χ4v) is 3.30. The second-order valence-electron chi connectivity index (χ2n) is 4.35. The fraction of sp³-hybridized carbons (Fsp3) is 0.143. The molecule has 2 rings (SSSR count). The summed E-state index contributed by atoms with van der Waals surface area (Å²) in [5, 5.41) is 0. The van der Waals surface area contributed by atoms with Gasteiger partial charge in [-0.2, -0.15) is 0 Å². The van der Waals surface area contributed by atoms with Gasteiger partial charge in [0.25, 0.3) is 0 Å². The molecule has 7 heteroatoms. The van der Waals surface area contributed by atoms with Gasteiger partial charge in [-0.1, -0.05) is 30.3 Å². The third kappa shape index (κ3) is 4.98. The third-order valence-corrected chi connectivity index (χ3v) is 4.22. The van der Waals surface area contributed by atoms with Crippen LogP contribution in [0.1, 0.15) is 11.1 Å². The molecule has 0 saturated carbocycles. The van der Waals surface area contributed by atoms with E-state index >= 15 is 0 Å². The molecule has 0 radical (unpaired) electrons.